The maximum Gasteiger partial charge on any atom is 0.326 e. The van der Waals surface area contributed by atoms with E-state index < -0.39 is 18.1 Å². The highest BCUT2D eigenvalue weighted by atomic mass is 16.4. The Balaban J connectivity index is 2.02. The fourth-order valence-corrected chi connectivity index (χ4v) is 2.84. The lowest BCUT2D eigenvalue weighted by Gasteiger charge is -2.22. The van der Waals surface area contributed by atoms with E-state index in [-0.39, 0.29) is 18.9 Å². The normalized spacial score (nSPS) is 21.7. The molecule has 0 aromatic heterocycles. The van der Waals surface area contributed by atoms with Gasteiger partial charge in [0.15, 0.2) is 0 Å². The van der Waals surface area contributed by atoms with Crippen LogP contribution in [0.15, 0.2) is 42.5 Å². The summed E-state index contributed by atoms with van der Waals surface area (Å²) >= 11 is 0. The Morgan fingerprint density at radius 2 is 1.81 bits per heavy atom. The van der Waals surface area contributed by atoms with Crippen LogP contribution >= 0.6 is 0 Å². The zero-order valence-electron chi connectivity index (χ0n) is 11.3. The lowest BCUT2D eigenvalue weighted by atomic mass is 10.0. The zero-order chi connectivity index (χ0) is 15.0. The Labute approximate surface area is 121 Å². The second kappa shape index (κ2) is 5.18. The van der Waals surface area contributed by atoms with Gasteiger partial charge in [-0.15, -0.1) is 0 Å². The molecule has 1 amide bonds. The lowest BCUT2D eigenvalue weighted by molar-refractivity contribution is -0.141. The van der Waals surface area contributed by atoms with E-state index in [9.17, 15) is 19.8 Å². The highest BCUT2D eigenvalue weighted by Gasteiger charge is 2.39. The number of carbonyl (C=O) groups is 2. The summed E-state index contributed by atoms with van der Waals surface area (Å²) in [6.07, 6.45) is -0.712. The van der Waals surface area contributed by atoms with Gasteiger partial charge in [0.05, 0.1) is 6.10 Å². The van der Waals surface area contributed by atoms with E-state index in [4.69, 9.17) is 0 Å². The Morgan fingerprint density at radius 3 is 2.57 bits per heavy atom. The van der Waals surface area contributed by atoms with Gasteiger partial charge in [0.1, 0.15) is 6.04 Å². The lowest BCUT2D eigenvalue weighted by Crippen LogP contribution is -2.40. The molecule has 1 saturated heterocycles. The summed E-state index contributed by atoms with van der Waals surface area (Å²) in [5, 5.41) is 20.6. The van der Waals surface area contributed by atoms with Gasteiger partial charge in [-0.1, -0.05) is 36.4 Å². The minimum atomic E-state index is -1.08. The number of β-amino-alcohol motifs (C(OH)–C–C–N with tert-alkyl or cyclic N) is 1. The number of fused-ring (bicyclic) bond motifs is 1. The van der Waals surface area contributed by atoms with Crippen molar-refractivity contribution in [2.24, 2.45) is 0 Å². The van der Waals surface area contributed by atoms with Crippen LogP contribution < -0.4 is 0 Å². The van der Waals surface area contributed by atoms with Crippen molar-refractivity contribution < 1.29 is 19.8 Å². The second-order valence-electron chi connectivity index (χ2n) is 5.23. The van der Waals surface area contributed by atoms with Crippen LogP contribution in [0.1, 0.15) is 16.8 Å². The number of carbonyl (C=O) groups excluding carboxylic acids is 1. The first-order valence-electron chi connectivity index (χ1n) is 6.77. The maximum absolute atomic E-state index is 12.7. The van der Waals surface area contributed by atoms with Crippen LogP contribution in [0.4, 0.5) is 0 Å². The summed E-state index contributed by atoms with van der Waals surface area (Å²) < 4.78 is 0. The van der Waals surface area contributed by atoms with E-state index in [0.29, 0.717) is 5.56 Å². The Hall–Kier alpha value is -2.40. The van der Waals surface area contributed by atoms with Crippen LogP contribution in [0.5, 0.6) is 0 Å². The van der Waals surface area contributed by atoms with Gasteiger partial charge < -0.3 is 15.1 Å². The molecule has 2 atom stereocenters. The molecule has 0 unspecified atom stereocenters. The molecular weight excluding hydrogens is 270 g/mol. The summed E-state index contributed by atoms with van der Waals surface area (Å²) in [6, 6.07) is 11.9. The number of hydrogen-bond donors (Lipinski definition) is 2. The van der Waals surface area contributed by atoms with Crippen molar-refractivity contribution in [2.75, 3.05) is 6.54 Å². The number of aliphatic hydroxyl groups is 1. The molecule has 0 aliphatic carbocycles. The number of rotatable bonds is 2. The molecule has 5 heteroatoms. The summed E-state index contributed by atoms with van der Waals surface area (Å²) in [4.78, 5) is 25.2. The minimum Gasteiger partial charge on any atom is -0.480 e. The molecule has 2 aromatic carbocycles. The summed E-state index contributed by atoms with van der Waals surface area (Å²) in [6.45, 7) is 0.0546. The van der Waals surface area contributed by atoms with Crippen molar-refractivity contribution in [1.82, 2.24) is 4.90 Å². The topological polar surface area (TPSA) is 77.8 Å². The molecule has 108 valence electrons. The predicted octanol–water partition coefficient (Wildman–Crippen LogP) is 1.50. The largest absolute Gasteiger partial charge is 0.480 e. The first-order chi connectivity index (χ1) is 10.1. The van der Waals surface area contributed by atoms with Crippen LogP contribution in [-0.4, -0.2) is 45.7 Å². The van der Waals surface area contributed by atoms with Crippen molar-refractivity contribution in [3.63, 3.8) is 0 Å². The molecule has 0 saturated carbocycles. The average molecular weight is 285 g/mol. The van der Waals surface area contributed by atoms with Crippen molar-refractivity contribution in [2.45, 2.75) is 18.6 Å². The quantitative estimate of drug-likeness (QED) is 0.876. The zero-order valence-corrected chi connectivity index (χ0v) is 11.3. The molecule has 0 spiro atoms. The van der Waals surface area contributed by atoms with E-state index in [1.54, 1.807) is 12.1 Å². The van der Waals surface area contributed by atoms with Gasteiger partial charge in [-0.05, 0) is 16.8 Å². The van der Waals surface area contributed by atoms with Crippen LogP contribution in [0.2, 0.25) is 0 Å². The molecule has 0 radical (unpaired) electrons. The third kappa shape index (κ3) is 2.36. The third-order valence-electron chi connectivity index (χ3n) is 3.84. The van der Waals surface area contributed by atoms with Crippen molar-refractivity contribution in [1.29, 1.82) is 0 Å². The number of aliphatic carboxylic acids is 1. The SMILES string of the molecule is O=C(O)[C@H]1C[C@@H](O)CN1C(=O)c1cccc2ccccc12. The highest BCUT2D eigenvalue weighted by Crippen LogP contribution is 2.25. The van der Waals surface area contributed by atoms with Crippen LogP contribution in [0.3, 0.4) is 0 Å². The Bertz CT molecular complexity index is 707. The average Bonchev–Trinajstić information content (AvgIpc) is 2.88. The van der Waals surface area contributed by atoms with E-state index in [1.165, 1.54) is 4.90 Å². The highest BCUT2D eigenvalue weighted by molar-refractivity contribution is 6.08. The summed E-state index contributed by atoms with van der Waals surface area (Å²) in [5.74, 6) is -1.43. The summed E-state index contributed by atoms with van der Waals surface area (Å²) in [7, 11) is 0. The van der Waals surface area contributed by atoms with Gasteiger partial charge >= 0.3 is 5.97 Å². The third-order valence-corrected chi connectivity index (χ3v) is 3.84. The molecule has 1 heterocycles. The van der Waals surface area contributed by atoms with Gasteiger partial charge in [-0.3, -0.25) is 4.79 Å². The fourth-order valence-electron chi connectivity index (χ4n) is 2.84. The molecule has 1 fully saturated rings. The van der Waals surface area contributed by atoms with E-state index >= 15 is 0 Å². The Morgan fingerprint density at radius 1 is 1.10 bits per heavy atom. The summed E-state index contributed by atoms with van der Waals surface area (Å²) in [5.41, 5.74) is 0.466. The minimum absolute atomic E-state index is 0.0546. The number of aliphatic hydroxyl groups excluding tert-OH is 1. The molecule has 0 bridgehead atoms. The number of hydrogen-bond acceptors (Lipinski definition) is 3. The smallest absolute Gasteiger partial charge is 0.326 e. The Kier molecular flexibility index (Phi) is 3.35. The molecule has 5 nitrogen and oxygen atoms in total. The van der Waals surface area contributed by atoms with Gasteiger partial charge in [-0.25, -0.2) is 4.79 Å². The molecule has 21 heavy (non-hydrogen) atoms. The second-order valence-corrected chi connectivity index (χ2v) is 5.23. The first kappa shape index (κ1) is 13.6. The molecule has 2 aromatic rings. The molecule has 2 N–H and O–H groups in total. The molecule has 1 aliphatic rings. The molecule has 3 rings (SSSR count). The van der Waals surface area contributed by atoms with Crippen LogP contribution in [0, 0.1) is 0 Å². The molecular formula is C16H15NO4. The van der Waals surface area contributed by atoms with Gasteiger partial charge in [0.2, 0.25) is 0 Å². The molecule has 1 aliphatic heterocycles. The van der Waals surface area contributed by atoms with Gasteiger partial charge in [0, 0.05) is 18.5 Å². The fraction of sp³-hybridized carbons (Fsp3) is 0.250. The number of amides is 1. The van der Waals surface area contributed by atoms with Crippen molar-refractivity contribution in [3.05, 3.63) is 48.0 Å². The number of benzene rings is 2. The predicted molar refractivity (Wildman–Crippen MR) is 77.0 cm³/mol. The van der Waals surface area contributed by atoms with E-state index in [1.807, 2.05) is 30.3 Å². The number of likely N-dealkylation sites (tertiary alicyclic amines) is 1. The standard InChI is InChI=1S/C16H15NO4/c18-11-8-14(16(20)21)17(9-11)15(19)13-7-3-5-10-4-1-2-6-12(10)13/h1-7,11,14,18H,8-9H2,(H,20,21)/t11-,14-/m1/s1. The van der Waals surface area contributed by atoms with Crippen molar-refractivity contribution >= 4 is 22.6 Å². The van der Waals surface area contributed by atoms with Gasteiger partial charge in [0.25, 0.3) is 5.91 Å². The monoisotopic (exact) mass is 285 g/mol. The van der Waals surface area contributed by atoms with Crippen LogP contribution in [0.25, 0.3) is 10.8 Å². The number of carboxylic acids is 1. The van der Waals surface area contributed by atoms with Crippen LogP contribution in [-0.2, 0) is 4.79 Å². The van der Waals surface area contributed by atoms with E-state index in [2.05, 4.69) is 0 Å². The van der Waals surface area contributed by atoms with E-state index in [0.717, 1.165) is 10.8 Å². The number of nitrogens with zero attached hydrogens (tertiary/aromatic N) is 1. The maximum atomic E-state index is 12.7. The van der Waals surface area contributed by atoms with Crippen molar-refractivity contribution in [3.8, 4) is 0 Å². The van der Waals surface area contributed by atoms with Gasteiger partial charge in [-0.2, -0.15) is 0 Å². The first-order valence-corrected chi connectivity index (χ1v) is 6.77. The number of carboxylic acid groups (broad SMARTS) is 1.